The summed E-state index contributed by atoms with van der Waals surface area (Å²) in [5, 5.41) is 3.32. The predicted molar refractivity (Wildman–Crippen MR) is 123 cm³/mol. The number of aromatic amines is 1. The molecule has 1 aliphatic heterocycles. The number of morpholine rings is 1. The van der Waals surface area contributed by atoms with E-state index in [0.717, 1.165) is 30.3 Å². The van der Waals surface area contributed by atoms with Crippen LogP contribution in [0.25, 0.3) is 11.2 Å². The zero-order chi connectivity index (χ0) is 21.8. The van der Waals surface area contributed by atoms with E-state index in [9.17, 15) is 0 Å². The Balaban J connectivity index is 1.42. The number of nitrogens with zero attached hydrogens (tertiary/aromatic N) is 5. The molecule has 9 heteroatoms. The number of rotatable bonds is 7. The van der Waals surface area contributed by atoms with E-state index in [4.69, 9.17) is 19.4 Å². The van der Waals surface area contributed by atoms with Gasteiger partial charge in [-0.05, 0) is 36.8 Å². The van der Waals surface area contributed by atoms with E-state index in [0.29, 0.717) is 49.4 Å². The molecule has 4 heterocycles. The second-order valence-electron chi connectivity index (χ2n) is 7.63. The van der Waals surface area contributed by atoms with Gasteiger partial charge >= 0.3 is 6.01 Å². The van der Waals surface area contributed by atoms with Crippen molar-refractivity contribution >= 4 is 28.6 Å². The molecule has 2 N–H and O–H groups in total. The lowest BCUT2D eigenvalue weighted by atomic mass is 10.2. The van der Waals surface area contributed by atoms with E-state index in [1.54, 1.807) is 6.20 Å². The molecule has 4 aromatic rings. The molecule has 0 spiro atoms. The van der Waals surface area contributed by atoms with E-state index in [1.807, 2.05) is 30.3 Å². The minimum atomic E-state index is 0.320. The van der Waals surface area contributed by atoms with Gasteiger partial charge in [0.1, 0.15) is 0 Å². The molecule has 32 heavy (non-hydrogen) atoms. The highest BCUT2D eigenvalue weighted by Crippen LogP contribution is 2.27. The summed E-state index contributed by atoms with van der Waals surface area (Å²) in [7, 11) is 0. The van der Waals surface area contributed by atoms with E-state index in [1.165, 1.54) is 5.56 Å². The summed E-state index contributed by atoms with van der Waals surface area (Å²) in [6, 6.07) is 14.3. The number of hydrogen-bond donors (Lipinski definition) is 2. The monoisotopic (exact) mass is 431 g/mol. The highest BCUT2D eigenvalue weighted by molar-refractivity contribution is 5.86. The molecule has 0 aliphatic carbocycles. The number of pyridine rings is 1. The predicted octanol–water partition coefficient (Wildman–Crippen LogP) is 3.26. The van der Waals surface area contributed by atoms with Crippen molar-refractivity contribution in [3.8, 4) is 6.01 Å². The van der Waals surface area contributed by atoms with Crippen LogP contribution in [-0.4, -0.2) is 57.8 Å². The SMILES string of the molecule is Cc1cccc(Nc2nc3c(N4CCOCC4)nc(OCCc4ccccn4)nc3[nH]2)c1. The minimum Gasteiger partial charge on any atom is -0.463 e. The Morgan fingerprint density at radius 1 is 1.09 bits per heavy atom. The fraction of sp³-hybridized carbons (Fsp3) is 0.304. The second-order valence-corrected chi connectivity index (χ2v) is 7.63. The van der Waals surface area contributed by atoms with Crippen LogP contribution >= 0.6 is 0 Å². The second kappa shape index (κ2) is 9.19. The van der Waals surface area contributed by atoms with Gasteiger partial charge in [0.2, 0.25) is 5.95 Å². The van der Waals surface area contributed by atoms with Crippen molar-refractivity contribution in [2.75, 3.05) is 43.1 Å². The van der Waals surface area contributed by atoms with Crippen LogP contribution in [0.4, 0.5) is 17.5 Å². The van der Waals surface area contributed by atoms with Crippen LogP contribution in [0.2, 0.25) is 0 Å². The zero-order valence-electron chi connectivity index (χ0n) is 17.9. The van der Waals surface area contributed by atoms with Crippen LogP contribution in [0.15, 0.2) is 48.7 Å². The molecule has 5 rings (SSSR count). The Morgan fingerprint density at radius 2 is 2.00 bits per heavy atom. The molecule has 0 saturated carbocycles. The molecule has 0 bridgehead atoms. The molecular weight excluding hydrogens is 406 g/mol. The lowest BCUT2D eigenvalue weighted by Crippen LogP contribution is -2.37. The van der Waals surface area contributed by atoms with Crippen LogP contribution in [0, 0.1) is 6.92 Å². The highest BCUT2D eigenvalue weighted by Gasteiger charge is 2.21. The third kappa shape index (κ3) is 4.62. The van der Waals surface area contributed by atoms with Crippen LogP contribution in [0.5, 0.6) is 6.01 Å². The van der Waals surface area contributed by atoms with Crippen molar-refractivity contribution in [1.82, 2.24) is 24.9 Å². The number of H-pyrrole nitrogens is 1. The number of benzene rings is 1. The van der Waals surface area contributed by atoms with E-state index < -0.39 is 0 Å². The molecule has 0 amide bonds. The molecule has 1 aromatic carbocycles. The number of aromatic nitrogens is 5. The maximum Gasteiger partial charge on any atom is 0.320 e. The normalized spacial score (nSPS) is 14.0. The van der Waals surface area contributed by atoms with E-state index in [2.05, 4.69) is 44.2 Å². The molecule has 0 atom stereocenters. The molecular formula is C23H25N7O2. The van der Waals surface area contributed by atoms with Gasteiger partial charge in [0, 0.05) is 37.1 Å². The first kappa shape index (κ1) is 20.2. The molecule has 164 valence electrons. The van der Waals surface area contributed by atoms with Crippen molar-refractivity contribution in [2.45, 2.75) is 13.3 Å². The molecule has 1 fully saturated rings. The summed E-state index contributed by atoms with van der Waals surface area (Å²) in [5.74, 6) is 1.36. The molecule has 0 unspecified atom stereocenters. The lowest BCUT2D eigenvalue weighted by molar-refractivity contribution is 0.122. The Bertz CT molecular complexity index is 1190. The Labute approximate surface area is 185 Å². The number of hydrogen-bond acceptors (Lipinski definition) is 8. The number of ether oxygens (including phenoxy) is 2. The number of imidazole rings is 1. The fourth-order valence-electron chi connectivity index (χ4n) is 3.64. The number of fused-ring (bicyclic) bond motifs is 1. The third-order valence-electron chi connectivity index (χ3n) is 5.21. The first-order chi connectivity index (χ1) is 15.7. The zero-order valence-corrected chi connectivity index (χ0v) is 17.9. The molecule has 1 saturated heterocycles. The third-order valence-corrected chi connectivity index (χ3v) is 5.21. The van der Waals surface area contributed by atoms with E-state index in [-0.39, 0.29) is 0 Å². The summed E-state index contributed by atoms with van der Waals surface area (Å²) >= 11 is 0. The van der Waals surface area contributed by atoms with E-state index >= 15 is 0 Å². The number of anilines is 3. The summed E-state index contributed by atoms with van der Waals surface area (Å²) in [5.41, 5.74) is 4.43. The van der Waals surface area contributed by atoms with Gasteiger partial charge in [-0.1, -0.05) is 18.2 Å². The van der Waals surface area contributed by atoms with Crippen molar-refractivity contribution < 1.29 is 9.47 Å². The van der Waals surface area contributed by atoms with Gasteiger partial charge in [-0.2, -0.15) is 9.97 Å². The van der Waals surface area contributed by atoms with Crippen molar-refractivity contribution in [3.63, 3.8) is 0 Å². The first-order valence-electron chi connectivity index (χ1n) is 10.7. The Kier molecular flexibility index (Phi) is 5.80. The van der Waals surface area contributed by atoms with Gasteiger partial charge in [0.15, 0.2) is 17.0 Å². The van der Waals surface area contributed by atoms with Crippen LogP contribution < -0.4 is 15.0 Å². The quantitative estimate of drug-likeness (QED) is 0.460. The van der Waals surface area contributed by atoms with Gasteiger partial charge in [-0.3, -0.25) is 4.98 Å². The van der Waals surface area contributed by atoms with Crippen LogP contribution in [0.1, 0.15) is 11.3 Å². The summed E-state index contributed by atoms with van der Waals surface area (Å²) in [6.45, 7) is 5.29. The summed E-state index contributed by atoms with van der Waals surface area (Å²) in [4.78, 5) is 23.8. The van der Waals surface area contributed by atoms with Gasteiger partial charge in [-0.25, -0.2) is 4.98 Å². The standard InChI is InChI=1S/C23H25N7O2/c1-16-5-4-7-18(15-16)25-22-26-19-20(27-22)28-23(29-21(19)30-10-13-31-14-11-30)32-12-8-17-6-2-3-9-24-17/h2-7,9,15H,8,10-14H2,1H3,(H2,25,26,27,28,29). The minimum absolute atomic E-state index is 0.320. The Morgan fingerprint density at radius 3 is 2.81 bits per heavy atom. The topological polar surface area (TPSA) is 101 Å². The number of aryl methyl sites for hydroxylation is 1. The van der Waals surface area contributed by atoms with Crippen molar-refractivity contribution in [3.05, 3.63) is 59.9 Å². The van der Waals surface area contributed by atoms with Crippen LogP contribution in [0.3, 0.4) is 0 Å². The summed E-state index contributed by atoms with van der Waals surface area (Å²) in [6.07, 6.45) is 2.46. The smallest absolute Gasteiger partial charge is 0.320 e. The molecule has 9 nitrogen and oxygen atoms in total. The fourth-order valence-corrected chi connectivity index (χ4v) is 3.64. The average molecular weight is 432 g/mol. The van der Waals surface area contributed by atoms with Gasteiger partial charge in [0.05, 0.1) is 19.8 Å². The molecule has 3 aromatic heterocycles. The maximum atomic E-state index is 5.90. The van der Waals surface area contributed by atoms with Gasteiger partial charge in [-0.15, -0.1) is 0 Å². The molecule has 1 aliphatic rings. The van der Waals surface area contributed by atoms with Crippen molar-refractivity contribution in [2.24, 2.45) is 0 Å². The largest absolute Gasteiger partial charge is 0.463 e. The summed E-state index contributed by atoms with van der Waals surface area (Å²) < 4.78 is 11.4. The highest BCUT2D eigenvalue weighted by atomic mass is 16.5. The number of nitrogens with one attached hydrogen (secondary N) is 2. The van der Waals surface area contributed by atoms with Gasteiger partial charge < -0.3 is 24.7 Å². The maximum absolute atomic E-state index is 5.90. The lowest BCUT2D eigenvalue weighted by Gasteiger charge is -2.27. The van der Waals surface area contributed by atoms with Gasteiger partial charge in [0.25, 0.3) is 0 Å². The Hall–Kier alpha value is -3.72. The van der Waals surface area contributed by atoms with Crippen LogP contribution in [-0.2, 0) is 11.2 Å². The van der Waals surface area contributed by atoms with Crippen molar-refractivity contribution in [1.29, 1.82) is 0 Å². The first-order valence-corrected chi connectivity index (χ1v) is 10.7. The molecule has 0 radical (unpaired) electrons. The average Bonchev–Trinajstić information content (AvgIpc) is 3.22.